The molecule has 78 valence electrons. The van der Waals surface area contributed by atoms with Crippen molar-refractivity contribution in [2.75, 3.05) is 27.2 Å². The molecule has 1 unspecified atom stereocenters. The molecule has 1 aliphatic rings. The molecule has 1 heterocycles. The quantitative estimate of drug-likeness (QED) is 0.601. The molecule has 14 heavy (non-hydrogen) atoms. The second-order valence-electron chi connectivity index (χ2n) is 3.76. The minimum atomic E-state index is -0.0388. The number of carbonyl (C=O) groups is 2. The van der Waals surface area contributed by atoms with Gasteiger partial charge in [-0.3, -0.25) is 9.59 Å². The van der Waals surface area contributed by atoms with Crippen molar-refractivity contribution < 1.29 is 9.59 Å². The minimum Gasteiger partial charge on any atom is -0.347 e. The Labute approximate surface area is 84.2 Å². The molecule has 0 radical (unpaired) electrons. The maximum Gasteiger partial charge on any atom is 0.241 e. The highest BCUT2D eigenvalue weighted by atomic mass is 16.2. The summed E-state index contributed by atoms with van der Waals surface area (Å²) in [5, 5.41) is 0. The van der Waals surface area contributed by atoms with Gasteiger partial charge in [0.25, 0.3) is 0 Å². The van der Waals surface area contributed by atoms with E-state index in [0.29, 0.717) is 13.0 Å². The van der Waals surface area contributed by atoms with Gasteiger partial charge in [0.2, 0.25) is 11.8 Å². The molecule has 0 saturated carbocycles. The van der Waals surface area contributed by atoms with E-state index in [0.717, 1.165) is 0 Å². The summed E-state index contributed by atoms with van der Waals surface area (Å²) in [4.78, 5) is 25.8. The Kier molecular flexibility index (Phi) is 3.28. The lowest BCUT2D eigenvalue weighted by Crippen LogP contribution is -2.37. The predicted molar refractivity (Wildman–Crippen MR) is 53.6 cm³/mol. The molecule has 0 N–H and O–H groups in total. The Morgan fingerprint density at radius 3 is 2.79 bits per heavy atom. The van der Waals surface area contributed by atoms with Crippen LogP contribution in [0.5, 0.6) is 0 Å². The smallest absolute Gasteiger partial charge is 0.241 e. The lowest BCUT2D eigenvalue weighted by Gasteiger charge is -2.18. The fourth-order valence-corrected chi connectivity index (χ4v) is 1.42. The molecule has 4 heteroatoms. The van der Waals surface area contributed by atoms with Crippen molar-refractivity contribution in [1.82, 2.24) is 9.80 Å². The van der Waals surface area contributed by atoms with E-state index in [1.807, 2.05) is 0 Å². The van der Waals surface area contributed by atoms with Gasteiger partial charge in [-0.1, -0.05) is 6.08 Å². The van der Waals surface area contributed by atoms with E-state index in [1.165, 1.54) is 4.90 Å². The zero-order valence-corrected chi connectivity index (χ0v) is 8.69. The molecule has 1 atom stereocenters. The number of hydrogen-bond donors (Lipinski definition) is 0. The highest BCUT2D eigenvalue weighted by Gasteiger charge is 2.29. The van der Waals surface area contributed by atoms with Gasteiger partial charge in [0.15, 0.2) is 0 Å². The summed E-state index contributed by atoms with van der Waals surface area (Å²) in [6.07, 6.45) is 2.27. The SMILES string of the molecule is C=CC1CC(=O)N(CC(=O)N(C)C)C1. The normalized spacial score (nSPS) is 21.1. The van der Waals surface area contributed by atoms with Crippen molar-refractivity contribution >= 4 is 11.8 Å². The van der Waals surface area contributed by atoms with Crippen LogP contribution in [-0.4, -0.2) is 48.8 Å². The molecule has 2 amide bonds. The Balaban J connectivity index is 2.50. The number of hydrogen-bond acceptors (Lipinski definition) is 2. The third-order valence-electron chi connectivity index (χ3n) is 2.40. The summed E-state index contributed by atoms with van der Waals surface area (Å²) < 4.78 is 0. The zero-order valence-electron chi connectivity index (χ0n) is 8.69. The Bertz CT molecular complexity index is 261. The maximum absolute atomic E-state index is 11.4. The standard InChI is InChI=1S/C10H16N2O2/c1-4-8-5-9(13)12(6-8)7-10(14)11(2)3/h4,8H,1,5-7H2,2-3H3. The van der Waals surface area contributed by atoms with Gasteiger partial charge in [0, 0.05) is 33.0 Å². The summed E-state index contributed by atoms with van der Waals surface area (Å²) in [6.45, 7) is 4.47. The van der Waals surface area contributed by atoms with E-state index in [9.17, 15) is 9.59 Å². The van der Waals surface area contributed by atoms with E-state index in [1.54, 1.807) is 25.1 Å². The number of rotatable bonds is 3. The maximum atomic E-state index is 11.4. The Hall–Kier alpha value is -1.32. The lowest BCUT2D eigenvalue weighted by atomic mass is 10.1. The zero-order chi connectivity index (χ0) is 10.7. The van der Waals surface area contributed by atoms with Crippen LogP contribution < -0.4 is 0 Å². The van der Waals surface area contributed by atoms with Crippen LogP contribution in [0, 0.1) is 5.92 Å². The van der Waals surface area contributed by atoms with Crippen molar-refractivity contribution in [2.24, 2.45) is 5.92 Å². The first-order chi connectivity index (χ1) is 6.54. The number of amides is 2. The first-order valence-corrected chi connectivity index (χ1v) is 4.65. The summed E-state index contributed by atoms with van der Waals surface area (Å²) in [7, 11) is 3.38. The van der Waals surface area contributed by atoms with Gasteiger partial charge in [-0.05, 0) is 0 Å². The highest BCUT2D eigenvalue weighted by molar-refractivity contribution is 5.86. The molecule has 1 saturated heterocycles. The average Bonchev–Trinajstić information content (AvgIpc) is 2.47. The van der Waals surface area contributed by atoms with Crippen molar-refractivity contribution in [2.45, 2.75) is 6.42 Å². The van der Waals surface area contributed by atoms with Gasteiger partial charge in [0.05, 0.1) is 6.54 Å². The first kappa shape index (κ1) is 10.8. The summed E-state index contributed by atoms with van der Waals surface area (Å²) in [5.74, 6) is 0.214. The summed E-state index contributed by atoms with van der Waals surface area (Å²) in [5.41, 5.74) is 0. The van der Waals surface area contributed by atoms with Crippen LogP contribution >= 0.6 is 0 Å². The van der Waals surface area contributed by atoms with Crippen LogP contribution in [0.4, 0.5) is 0 Å². The Morgan fingerprint density at radius 2 is 2.36 bits per heavy atom. The van der Waals surface area contributed by atoms with Crippen LogP contribution in [0.1, 0.15) is 6.42 Å². The first-order valence-electron chi connectivity index (χ1n) is 4.65. The third kappa shape index (κ3) is 2.34. The molecule has 0 aromatic heterocycles. The van der Waals surface area contributed by atoms with E-state index < -0.39 is 0 Å². The van der Waals surface area contributed by atoms with Gasteiger partial charge in [-0.25, -0.2) is 0 Å². The highest BCUT2D eigenvalue weighted by Crippen LogP contribution is 2.17. The molecule has 1 fully saturated rings. The van der Waals surface area contributed by atoms with E-state index >= 15 is 0 Å². The number of likely N-dealkylation sites (tertiary alicyclic amines) is 1. The van der Waals surface area contributed by atoms with Crippen molar-refractivity contribution in [3.05, 3.63) is 12.7 Å². The number of nitrogens with zero attached hydrogens (tertiary/aromatic N) is 2. The Morgan fingerprint density at radius 1 is 1.71 bits per heavy atom. The second-order valence-corrected chi connectivity index (χ2v) is 3.76. The molecule has 0 aliphatic carbocycles. The molecule has 0 aromatic carbocycles. The van der Waals surface area contributed by atoms with Crippen molar-refractivity contribution in [3.8, 4) is 0 Å². The van der Waals surface area contributed by atoms with Crippen molar-refractivity contribution in [1.29, 1.82) is 0 Å². The predicted octanol–water partition coefficient (Wildman–Crippen LogP) is 0.109. The van der Waals surface area contributed by atoms with E-state index in [2.05, 4.69) is 6.58 Å². The fourth-order valence-electron chi connectivity index (χ4n) is 1.42. The largest absolute Gasteiger partial charge is 0.347 e. The minimum absolute atomic E-state index is 0.0388. The molecular formula is C10H16N2O2. The van der Waals surface area contributed by atoms with Crippen LogP contribution in [0.2, 0.25) is 0 Å². The molecule has 1 rings (SSSR count). The van der Waals surface area contributed by atoms with Crippen LogP contribution in [0.25, 0.3) is 0 Å². The van der Waals surface area contributed by atoms with Crippen LogP contribution in [0.3, 0.4) is 0 Å². The van der Waals surface area contributed by atoms with Gasteiger partial charge >= 0.3 is 0 Å². The fraction of sp³-hybridized carbons (Fsp3) is 0.600. The lowest BCUT2D eigenvalue weighted by molar-refractivity contribution is -0.136. The van der Waals surface area contributed by atoms with Gasteiger partial charge in [0.1, 0.15) is 0 Å². The van der Waals surface area contributed by atoms with E-state index in [4.69, 9.17) is 0 Å². The van der Waals surface area contributed by atoms with Crippen LogP contribution in [0.15, 0.2) is 12.7 Å². The number of likely N-dealkylation sites (N-methyl/N-ethyl adjacent to an activating group) is 1. The molecular weight excluding hydrogens is 180 g/mol. The molecule has 0 aromatic rings. The summed E-state index contributed by atoms with van der Waals surface area (Å²) in [6, 6.07) is 0. The van der Waals surface area contributed by atoms with Crippen molar-refractivity contribution in [3.63, 3.8) is 0 Å². The second kappa shape index (κ2) is 4.26. The summed E-state index contributed by atoms with van der Waals surface area (Å²) >= 11 is 0. The van der Waals surface area contributed by atoms with Gasteiger partial charge in [-0.15, -0.1) is 6.58 Å². The topological polar surface area (TPSA) is 40.6 Å². The van der Waals surface area contributed by atoms with E-state index in [-0.39, 0.29) is 24.3 Å². The molecule has 0 bridgehead atoms. The van der Waals surface area contributed by atoms with Crippen LogP contribution in [-0.2, 0) is 9.59 Å². The molecule has 1 aliphatic heterocycles. The third-order valence-corrected chi connectivity index (χ3v) is 2.40. The monoisotopic (exact) mass is 196 g/mol. The number of carbonyl (C=O) groups excluding carboxylic acids is 2. The van der Waals surface area contributed by atoms with Gasteiger partial charge in [-0.2, -0.15) is 0 Å². The van der Waals surface area contributed by atoms with Gasteiger partial charge < -0.3 is 9.80 Å². The average molecular weight is 196 g/mol. The molecule has 4 nitrogen and oxygen atoms in total. The molecule has 0 spiro atoms.